The summed E-state index contributed by atoms with van der Waals surface area (Å²) in [6.07, 6.45) is 2.20. The first-order chi connectivity index (χ1) is 6.84. The minimum absolute atomic E-state index is 0.662. The van der Waals surface area contributed by atoms with Crippen LogP contribution in [-0.4, -0.2) is 17.7 Å². The van der Waals surface area contributed by atoms with Crippen molar-refractivity contribution in [2.75, 3.05) is 13.1 Å². The van der Waals surface area contributed by atoms with Gasteiger partial charge in [0.1, 0.15) is 0 Å². The number of hydrogen-bond acceptors (Lipinski definition) is 1. The van der Waals surface area contributed by atoms with Crippen LogP contribution >= 0.6 is 0 Å². The number of hydrogen-bond donors (Lipinski definition) is 1. The Balaban J connectivity index is 2.16. The van der Waals surface area contributed by atoms with Crippen LogP contribution in [0.1, 0.15) is 11.6 Å². The first-order valence-corrected chi connectivity index (χ1v) is 5.12. The third kappa shape index (κ3) is 1.07. The Bertz CT molecular complexity index is 466. The number of nitrogens with one attached hydrogen (secondary N) is 1. The molecular weight excluding hydrogens is 172 g/mol. The van der Waals surface area contributed by atoms with E-state index in [0.717, 1.165) is 13.1 Å². The maximum atomic E-state index is 3.30. The van der Waals surface area contributed by atoms with E-state index in [-0.39, 0.29) is 0 Å². The standard InChI is InChI=1S/C12H14N2/c1-9-2-3-12-10(6-9)4-5-14(12)11-7-13-8-11/h2-6,11,13H,7-8H2,1H3. The molecule has 1 aliphatic rings. The lowest BCUT2D eigenvalue weighted by Crippen LogP contribution is -2.43. The quantitative estimate of drug-likeness (QED) is 0.721. The zero-order valence-corrected chi connectivity index (χ0v) is 8.33. The van der Waals surface area contributed by atoms with Gasteiger partial charge in [0, 0.05) is 24.8 Å². The molecule has 2 heteroatoms. The first kappa shape index (κ1) is 8.06. The van der Waals surface area contributed by atoms with Gasteiger partial charge in [-0.3, -0.25) is 0 Å². The van der Waals surface area contributed by atoms with E-state index in [1.807, 2.05) is 0 Å². The fourth-order valence-electron chi connectivity index (χ4n) is 2.07. The van der Waals surface area contributed by atoms with Crippen molar-refractivity contribution in [1.29, 1.82) is 0 Å². The van der Waals surface area contributed by atoms with Gasteiger partial charge >= 0.3 is 0 Å². The van der Waals surface area contributed by atoms with E-state index in [0.29, 0.717) is 6.04 Å². The van der Waals surface area contributed by atoms with Gasteiger partial charge in [-0.15, -0.1) is 0 Å². The van der Waals surface area contributed by atoms with E-state index in [4.69, 9.17) is 0 Å². The van der Waals surface area contributed by atoms with Gasteiger partial charge in [0.25, 0.3) is 0 Å². The molecule has 72 valence electrons. The van der Waals surface area contributed by atoms with Crippen LogP contribution in [0, 0.1) is 6.92 Å². The van der Waals surface area contributed by atoms with Crippen molar-refractivity contribution in [3.05, 3.63) is 36.0 Å². The molecule has 1 aromatic heterocycles. The van der Waals surface area contributed by atoms with E-state index in [9.17, 15) is 0 Å². The summed E-state index contributed by atoms with van der Waals surface area (Å²) in [6, 6.07) is 9.53. The maximum Gasteiger partial charge on any atom is 0.0585 e. The van der Waals surface area contributed by atoms with Gasteiger partial charge < -0.3 is 9.88 Å². The Hall–Kier alpha value is -1.28. The van der Waals surface area contributed by atoms with Gasteiger partial charge in [-0.2, -0.15) is 0 Å². The van der Waals surface area contributed by atoms with Crippen LogP contribution < -0.4 is 5.32 Å². The number of nitrogens with zero attached hydrogens (tertiary/aromatic N) is 1. The summed E-state index contributed by atoms with van der Waals surface area (Å²) in [5.41, 5.74) is 2.70. The van der Waals surface area contributed by atoms with Crippen LogP contribution in [0.25, 0.3) is 10.9 Å². The molecule has 1 aromatic carbocycles. The normalized spacial score (nSPS) is 17.2. The van der Waals surface area contributed by atoms with Gasteiger partial charge in [-0.25, -0.2) is 0 Å². The molecule has 1 N–H and O–H groups in total. The largest absolute Gasteiger partial charge is 0.342 e. The average Bonchev–Trinajstić information content (AvgIpc) is 2.45. The van der Waals surface area contributed by atoms with Crippen LogP contribution in [0.3, 0.4) is 0 Å². The zero-order chi connectivity index (χ0) is 9.54. The lowest BCUT2D eigenvalue weighted by Gasteiger charge is -2.29. The number of aromatic nitrogens is 1. The zero-order valence-electron chi connectivity index (χ0n) is 8.33. The lowest BCUT2D eigenvalue weighted by molar-refractivity contribution is 0.352. The highest BCUT2D eigenvalue weighted by Crippen LogP contribution is 2.23. The fourth-order valence-corrected chi connectivity index (χ4v) is 2.07. The molecule has 0 radical (unpaired) electrons. The molecule has 2 aromatic rings. The summed E-state index contributed by atoms with van der Waals surface area (Å²) in [5.74, 6) is 0. The minimum atomic E-state index is 0.662. The Kier molecular flexibility index (Phi) is 1.64. The molecule has 0 unspecified atom stereocenters. The molecular formula is C12H14N2. The molecule has 0 bridgehead atoms. The molecule has 0 spiro atoms. The van der Waals surface area contributed by atoms with E-state index in [2.05, 4.69) is 47.3 Å². The van der Waals surface area contributed by atoms with Crippen LogP contribution in [-0.2, 0) is 0 Å². The third-order valence-electron chi connectivity index (χ3n) is 3.03. The highest BCUT2D eigenvalue weighted by molar-refractivity contribution is 5.81. The predicted octanol–water partition coefficient (Wildman–Crippen LogP) is 2.09. The average molecular weight is 186 g/mol. The summed E-state index contributed by atoms with van der Waals surface area (Å²) >= 11 is 0. The van der Waals surface area contributed by atoms with Crippen molar-refractivity contribution in [2.24, 2.45) is 0 Å². The van der Waals surface area contributed by atoms with Crippen LogP contribution in [0.15, 0.2) is 30.5 Å². The summed E-state index contributed by atoms with van der Waals surface area (Å²) < 4.78 is 2.38. The second kappa shape index (κ2) is 2.85. The van der Waals surface area contributed by atoms with Crippen LogP contribution in [0.2, 0.25) is 0 Å². The molecule has 3 rings (SSSR count). The van der Waals surface area contributed by atoms with Crippen molar-refractivity contribution < 1.29 is 0 Å². The highest BCUT2D eigenvalue weighted by atomic mass is 15.1. The van der Waals surface area contributed by atoms with Gasteiger partial charge in [-0.1, -0.05) is 11.6 Å². The SMILES string of the molecule is Cc1ccc2c(ccn2C2CNC2)c1. The van der Waals surface area contributed by atoms with E-state index in [1.165, 1.54) is 16.5 Å². The Morgan fingerprint density at radius 1 is 1.29 bits per heavy atom. The molecule has 1 aliphatic heterocycles. The predicted molar refractivity (Wildman–Crippen MR) is 58.6 cm³/mol. The summed E-state index contributed by atoms with van der Waals surface area (Å²) in [4.78, 5) is 0. The second-order valence-corrected chi connectivity index (χ2v) is 4.10. The molecule has 2 nitrogen and oxygen atoms in total. The van der Waals surface area contributed by atoms with E-state index in [1.54, 1.807) is 0 Å². The van der Waals surface area contributed by atoms with Gasteiger partial charge in [-0.05, 0) is 30.5 Å². The van der Waals surface area contributed by atoms with Gasteiger partial charge in [0.05, 0.1) is 6.04 Å². The monoisotopic (exact) mass is 186 g/mol. The van der Waals surface area contributed by atoms with E-state index < -0.39 is 0 Å². The third-order valence-corrected chi connectivity index (χ3v) is 3.03. The number of rotatable bonds is 1. The summed E-state index contributed by atoms with van der Waals surface area (Å²) in [6.45, 7) is 4.36. The van der Waals surface area contributed by atoms with Crippen molar-refractivity contribution in [3.63, 3.8) is 0 Å². The lowest BCUT2D eigenvalue weighted by atomic mass is 10.1. The summed E-state index contributed by atoms with van der Waals surface area (Å²) in [7, 11) is 0. The molecule has 0 atom stereocenters. The number of fused-ring (bicyclic) bond motifs is 1. The summed E-state index contributed by atoms with van der Waals surface area (Å²) in [5, 5.41) is 4.66. The van der Waals surface area contributed by atoms with Crippen molar-refractivity contribution >= 4 is 10.9 Å². The molecule has 1 saturated heterocycles. The minimum Gasteiger partial charge on any atom is -0.342 e. The molecule has 14 heavy (non-hydrogen) atoms. The number of aryl methyl sites for hydroxylation is 1. The Morgan fingerprint density at radius 2 is 2.14 bits per heavy atom. The molecule has 2 heterocycles. The second-order valence-electron chi connectivity index (χ2n) is 4.10. The Labute approximate surface area is 83.5 Å². The smallest absolute Gasteiger partial charge is 0.0585 e. The maximum absolute atomic E-state index is 3.30. The first-order valence-electron chi connectivity index (χ1n) is 5.12. The Morgan fingerprint density at radius 3 is 2.86 bits per heavy atom. The fraction of sp³-hybridized carbons (Fsp3) is 0.333. The van der Waals surface area contributed by atoms with Crippen molar-refractivity contribution in [3.8, 4) is 0 Å². The number of benzene rings is 1. The van der Waals surface area contributed by atoms with Gasteiger partial charge in [0.15, 0.2) is 0 Å². The van der Waals surface area contributed by atoms with Crippen molar-refractivity contribution in [1.82, 2.24) is 9.88 Å². The topological polar surface area (TPSA) is 17.0 Å². The molecule has 0 amide bonds. The van der Waals surface area contributed by atoms with Crippen LogP contribution in [0.4, 0.5) is 0 Å². The van der Waals surface area contributed by atoms with Crippen LogP contribution in [0.5, 0.6) is 0 Å². The highest BCUT2D eigenvalue weighted by Gasteiger charge is 2.19. The van der Waals surface area contributed by atoms with Gasteiger partial charge in [0.2, 0.25) is 0 Å². The molecule has 1 fully saturated rings. The van der Waals surface area contributed by atoms with E-state index >= 15 is 0 Å². The molecule has 0 saturated carbocycles. The van der Waals surface area contributed by atoms with Crippen molar-refractivity contribution in [2.45, 2.75) is 13.0 Å². The molecule has 0 aliphatic carbocycles.